The monoisotopic (exact) mass is 320 g/mol. The van der Waals surface area contributed by atoms with Gasteiger partial charge in [0.05, 0.1) is 12.0 Å². The van der Waals surface area contributed by atoms with E-state index in [0.717, 1.165) is 12.0 Å². The van der Waals surface area contributed by atoms with Gasteiger partial charge in [-0.05, 0) is 25.3 Å². The average molecular weight is 320 g/mol. The zero-order chi connectivity index (χ0) is 17.2. The van der Waals surface area contributed by atoms with Gasteiger partial charge in [-0.25, -0.2) is 4.85 Å². The van der Waals surface area contributed by atoms with E-state index in [2.05, 4.69) is 4.85 Å². The van der Waals surface area contributed by atoms with E-state index in [4.69, 9.17) is 6.57 Å². The lowest BCUT2D eigenvalue weighted by Gasteiger charge is -2.50. The minimum absolute atomic E-state index is 0.0415. The van der Waals surface area contributed by atoms with Crippen LogP contribution in [0.2, 0.25) is 0 Å². The van der Waals surface area contributed by atoms with Crippen LogP contribution in [0.4, 0.5) is 0 Å². The number of amides is 1. The normalized spacial score (nSPS) is 37.2. The van der Waals surface area contributed by atoms with Gasteiger partial charge in [0.25, 0.3) is 0 Å². The molecule has 4 nitrogen and oxygen atoms in total. The summed E-state index contributed by atoms with van der Waals surface area (Å²) >= 11 is 0. The molecule has 0 aromatic heterocycles. The molecule has 1 heterocycles. The molecule has 3 aliphatic rings. The van der Waals surface area contributed by atoms with Crippen LogP contribution in [0.3, 0.4) is 0 Å². The molecule has 1 aromatic rings. The number of likely N-dealkylation sites (tertiary alicyclic amines) is 1. The van der Waals surface area contributed by atoms with Crippen molar-refractivity contribution in [1.29, 1.82) is 0 Å². The molecule has 0 bridgehead atoms. The Hall–Kier alpha value is -2.41. The molecule has 3 atom stereocenters. The lowest BCUT2D eigenvalue weighted by Crippen LogP contribution is -2.60. The first-order chi connectivity index (χ1) is 11.5. The number of carbonyl (C=O) groups excluding carboxylic acids is 2. The van der Waals surface area contributed by atoms with Crippen molar-refractivity contribution in [2.75, 3.05) is 13.1 Å². The predicted octanol–water partition coefficient (Wildman–Crippen LogP) is 2.96. The van der Waals surface area contributed by atoms with Gasteiger partial charge in [-0.15, -0.1) is 0 Å². The highest BCUT2D eigenvalue weighted by Gasteiger charge is 2.81. The summed E-state index contributed by atoms with van der Waals surface area (Å²) in [5, 5.41) is 0. The van der Waals surface area contributed by atoms with Gasteiger partial charge in [-0.3, -0.25) is 4.79 Å². The third kappa shape index (κ3) is 1.44. The van der Waals surface area contributed by atoms with Crippen molar-refractivity contribution < 1.29 is 9.59 Å². The highest BCUT2D eigenvalue weighted by atomic mass is 16.2. The van der Waals surface area contributed by atoms with Gasteiger partial charge in [0, 0.05) is 23.9 Å². The molecule has 1 aliphatic heterocycles. The maximum Gasteiger partial charge on any atom is 0.236 e. The van der Waals surface area contributed by atoms with E-state index < -0.39 is 10.8 Å². The second-order valence-electron chi connectivity index (χ2n) is 7.37. The molecule has 0 unspecified atom stereocenters. The first kappa shape index (κ1) is 15.1. The molecule has 24 heavy (non-hydrogen) atoms. The van der Waals surface area contributed by atoms with Crippen LogP contribution >= 0.6 is 0 Å². The summed E-state index contributed by atoms with van der Waals surface area (Å²) in [4.78, 5) is 31.7. The number of hydrogen-bond donors (Lipinski definition) is 0. The summed E-state index contributed by atoms with van der Waals surface area (Å²) in [5.74, 6) is -0.0402. The SMILES string of the molecule is [C-]#[N+]C1=C[C@@]2(c3ccccc3)C(=O)N(CC)CC[C@]23C[C@]3(C)C1=O. The fourth-order valence-corrected chi connectivity index (χ4v) is 5.20. The Morgan fingerprint density at radius 3 is 2.58 bits per heavy atom. The number of benzene rings is 1. The molecule has 1 aromatic carbocycles. The van der Waals surface area contributed by atoms with Gasteiger partial charge in [0.1, 0.15) is 0 Å². The van der Waals surface area contributed by atoms with Crippen LogP contribution in [0.5, 0.6) is 0 Å². The molecule has 1 saturated heterocycles. The summed E-state index contributed by atoms with van der Waals surface area (Å²) in [7, 11) is 0. The maximum atomic E-state index is 13.5. The van der Waals surface area contributed by atoms with Crippen molar-refractivity contribution in [3.63, 3.8) is 0 Å². The number of Topliss-reactive ketones (excluding diaryl/α,β-unsaturated/α-hetero) is 1. The number of nitrogens with zero attached hydrogens (tertiary/aromatic N) is 2. The first-order valence-electron chi connectivity index (χ1n) is 8.47. The number of rotatable bonds is 2. The standard InChI is InChI=1S/C20H20N2O2/c1-4-22-11-10-19-13-18(19,2)16(23)15(21-3)12-20(19,17(22)24)14-8-6-5-7-9-14/h5-9,12H,4,10-11,13H2,1-2H3/t18-,19-,20-/m1/s1. The van der Waals surface area contributed by atoms with E-state index in [9.17, 15) is 9.59 Å². The third-order valence-corrected chi connectivity index (χ3v) is 6.59. The Labute approximate surface area is 142 Å². The Bertz CT molecular complexity index is 822. The maximum absolute atomic E-state index is 13.5. The molecule has 1 amide bonds. The van der Waals surface area contributed by atoms with Crippen molar-refractivity contribution in [2.45, 2.75) is 32.1 Å². The molecule has 2 aliphatic carbocycles. The number of piperidine rings is 1. The Morgan fingerprint density at radius 1 is 1.25 bits per heavy atom. The van der Waals surface area contributed by atoms with E-state index in [1.165, 1.54) is 0 Å². The van der Waals surface area contributed by atoms with Gasteiger partial charge in [-0.2, -0.15) is 0 Å². The summed E-state index contributed by atoms with van der Waals surface area (Å²) in [6.45, 7) is 12.7. The molecule has 1 saturated carbocycles. The second kappa shape index (κ2) is 4.57. The van der Waals surface area contributed by atoms with Crippen molar-refractivity contribution in [3.8, 4) is 0 Å². The number of hydrogen-bond acceptors (Lipinski definition) is 2. The van der Waals surface area contributed by atoms with Crippen LogP contribution in [-0.2, 0) is 15.0 Å². The first-order valence-corrected chi connectivity index (χ1v) is 8.47. The molecule has 0 radical (unpaired) electrons. The molecule has 122 valence electrons. The lowest BCUT2D eigenvalue weighted by atomic mass is 9.57. The summed E-state index contributed by atoms with van der Waals surface area (Å²) in [6.07, 6.45) is 3.19. The second-order valence-corrected chi connectivity index (χ2v) is 7.37. The number of carbonyl (C=O) groups is 2. The predicted molar refractivity (Wildman–Crippen MR) is 89.8 cm³/mol. The molecule has 4 heteroatoms. The van der Waals surface area contributed by atoms with Crippen LogP contribution in [0.25, 0.3) is 4.85 Å². The van der Waals surface area contributed by atoms with Gasteiger partial charge in [0.2, 0.25) is 11.6 Å². The Morgan fingerprint density at radius 2 is 1.96 bits per heavy atom. The highest BCUT2D eigenvalue weighted by molar-refractivity contribution is 6.10. The van der Waals surface area contributed by atoms with Crippen molar-refractivity contribution >= 4 is 11.7 Å². The number of ketones is 1. The van der Waals surface area contributed by atoms with Crippen LogP contribution in [0.15, 0.2) is 42.1 Å². The van der Waals surface area contributed by atoms with E-state index >= 15 is 0 Å². The molecule has 1 spiro atoms. The molecular formula is C20H20N2O2. The lowest BCUT2D eigenvalue weighted by molar-refractivity contribution is -0.145. The minimum atomic E-state index is -0.884. The van der Waals surface area contributed by atoms with Crippen LogP contribution in [-0.4, -0.2) is 29.7 Å². The van der Waals surface area contributed by atoms with Crippen molar-refractivity contribution in [2.24, 2.45) is 10.8 Å². The molecular weight excluding hydrogens is 300 g/mol. The molecule has 2 fully saturated rings. The third-order valence-electron chi connectivity index (χ3n) is 6.59. The number of allylic oxidation sites excluding steroid dienone is 1. The highest BCUT2D eigenvalue weighted by Crippen LogP contribution is 2.78. The zero-order valence-electron chi connectivity index (χ0n) is 14.0. The average Bonchev–Trinajstić information content (AvgIpc) is 3.24. The number of likely N-dealkylation sites (N-methyl/N-ethyl adjacent to an activating group) is 1. The zero-order valence-corrected chi connectivity index (χ0v) is 14.0. The topological polar surface area (TPSA) is 41.7 Å². The van der Waals surface area contributed by atoms with Gasteiger partial charge in [-0.1, -0.05) is 43.3 Å². The summed E-state index contributed by atoms with van der Waals surface area (Å²) < 4.78 is 0. The van der Waals surface area contributed by atoms with Crippen LogP contribution in [0, 0.1) is 17.4 Å². The van der Waals surface area contributed by atoms with E-state index in [1.807, 2.05) is 49.1 Å². The quantitative estimate of drug-likeness (QED) is 0.786. The molecule has 0 N–H and O–H groups in total. The summed E-state index contributed by atoms with van der Waals surface area (Å²) in [6, 6.07) is 9.71. The summed E-state index contributed by atoms with van der Waals surface area (Å²) in [5.41, 5.74) is -0.820. The Balaban J connectivity index is 2.05. The van der Waals surface area contributed by atoms with Crippen molar-refractivity contribution in [1.82, 2.24) is 4.90 Å². The van der Waals surface area contributed by atoms with Crippen molar-refractivity contribution in [3.05, 3.63) is 59.1 Å². The fourth-order valence-electron chi connectivity index (χ4n) is 5.20. The van der Waals surface area contributed by atoms with Gasteiger partial charge in [0.15, 0.2) is 5.78 Å². The van der Waals surface area contributed by atoms with Crippen LogP contribution in [0.1, 0.15) is 32.3 Å². The van der Waals surface area contributed by atoms with E-state index in [0.29, 0.717) is 19.5 Å². The Kier molecular flexibility index (Phi) is 2.88. The fraction of sp³-hybridized carbons (Fsp3) is 0.450. The van der Waals surface area contributed by atoms with Gasteiger partial charge >= 0.3 is 0 Å². The van der Waals surface area contributed by atoms with E-state index in [-0.39, 0.29) is 22.8 Å². The smallest absolute Gasteiger partial charge is 0.236 e. The molecule has 4 rings (SSSR count). The van der Waals surface area contributed by atoms with Gasteiger partial charge < -0.3 is 9.69 Å². The minimum Gasteiger partial charge on any atom is -0.342 e. The van der Waals surface area contributed by atoms with Crippen LogP contribution < -0.4 is 0 Å². The largest absolute Gasteiger partial charge is 0.342 e. The van der Waals surface area contributed by atoms with E-state index in [1.54, 1.807) is 6.08 Å².